The SMILES string of the molecule is C1=CC(c2cc(-c3ccccc3)cc3c(-c4ccc(-c5nc6c(o5)CCC=C6)cc4)nc(-c4ccc(-c5nc6ccccc6o5)cc4)nc23)=CCC1. The molecule has 52 heavy (non-hydrogen) atoms. The zero-order chi connectivity index (χ0) is 34.4. The molecule has 5 aromatic carbocycles. The molecular formula is C46H32N4O2. The summed E-state index contributed by atoms with van der Waals surface area (Å²) in [6, 6.07) is 39.4. The molecule has 10 rings (SSSR count). The number of fused-ring (bicyclic) bond motifs is 3. The van der Waals surface area contributed by atoms with Gasteiger partial charge in [-0.15, -0.1) is 0 Å². The quantitative estimate of drug-likeness (QED) is 0.175. The first-order valence-electron chi connectivity index (χ1n) is 17.8. The number of oxazole rings is 2. The lowest BCUT2D eigenvalue weighted by Gasteiger charge is -2.17. The fourth-order valence-electron chi connectivity index (χ4n) is 7.15. The molecule has 0 aliphatic heterocycles. The first-order chi connectivity index (χ1) is 25.7. The van der Waals surface area contributed by atoms with Crippen LogP contribution in [0.15, 0.2) is 148 Å². The van der Waals surface area contributed by atoms with Crippen molar-refractivity contribution in [3.05, 3.63) is 157 Å². The number of nitrogens with zero attached hydrogens (tertiary/aromatic N) is 4. The largest absolute Gasteiger partial charge is 0.441 e. The van der Waals surface area contributed by atoms with Gasteiger partial charge in [0, 0.05) is 39.6 Å². The first-order valence-corrected chi connectivity index (χ1v) is 17.8. The molecule has 2 aliphatic carbocycles. The van der Waals surface area contributed by atoms with Crippen LogP contribution >= 0.6 is 0 Å². The Morgan fingerprint density at radius 2 is 1.25 bits per heavy atom. The maximum absolute atomic E-state index is 6.18. The number of hydrogen-bond donors (Lipinski definition) is 0. The molecule has 3 aromatic heterocycles. The third-order valence-corrected chi connectivity index (χ3v) is 9.84. The molecular weight excluding hydrogens is 641 g/mol. The van der Waals surface area contributed by atoms with Crippen LogP contribution in [-0.4, -0.2) is 19.9 Å². The van der Waals surface area contributed by atoms with E-state index in [0.717, 1.165) is 104 Å². The zero-order valence-electron chi connectivity index (χ0n) is 28.3. The molecule has 0 unspecified atom stereocenters. The Bertz CT molecular complexity index is 2680. The maximum Gasteiger partial charge on any atom is 0.227 e. The number of aryl methyl sites for hydroxylation is 1. The highest BCUT2D eigenvalue weighted by Gasteiger charge is 2.20. The van der Waals surface area contributed by atoms with Gasteiger partial charge in [-0.25, -0.2) is 19.9 Å². The lowest BCUT2D eigenvalue weighted by molar-refractivity contribution is 0.516. The second kappa shape index (κ2) is 12.6. The number of allylic oxidation sites excluding steroid dienone is 5. The van der Waals surface area contributed by atoms with Crippen LogP contribution in [0, 0.1) is 0 Å². The van der Waals surface area contributed by atoms with Crippen molar-refractivity contribution in [2.45, 2.75) is 25.7 Å². The second-order valence-electron chi connectivity index (χ2n) is 13.2. The van der Waals surface area contributed by atoms with Gasteiger partial charge in [0.25, 0.3) is 0 Å². The fourth-order valence-corrected chi connectivity index (χ4v) is 7.15. The number of para-hydroxylation sites is 2. The van der Waals surface area contributed by atoms with Crippen LogP contribution in [0.2, 0.25) is 0 Å². The molecule has 6 nitrogen and oxygen atoms in total. The predicted molar refractivity (Wildman–Crippen MR) is 208 cm³/mol. The van der Waals surface area contributed by atoms with Crippen molar-refractivity contribution in [2.24, 2.45) is 0 Å². The van der Waals surface area contributed by atoms with Crippen molar-refractivity contribution in [1.29, 1.82) is 0 Å². The molecule has 0 fully saturated rings. The normalized spacial score (nSPS) is 13.8. The van der Waals surface area contributed by atoms with Crippen molar-refractivity contribution >= 4 is 33.7 Å². The van der Waals surface area contributed by atoms with Gasteiger partial charge in [0.15, 0.2) is 11.4 Å². The summed E-state index contributed by atoms with van der Waals surface area (Å²) >= 11 is 0. The van der Waals surface area contributed by atoms with Crippen LogP contribution in [0.4, 0.5) is 0 Å². The van der Waals surface area contributed by atoms with E-state index in [1.807, 2.05) is 42.5 Å². The van der Waals surface area contributed by atoms with Gasteiger partial charge >= 0.3 is 0 Å². The predicted octanol–water partition coefficient (Wildman–Crippen LogP) is 11.8. The third-order valence-electron chi connectivity index (χ3n) is 9.84. The summed E-state index contributed by atoms with van der Waals surface area (Å²) in [6.07, 6.45) is 14.9. The number of aromatic nitrogens is 4. The summed E-state index contributed by atoms with van der Waals surface area (Å²) in [6.45, 7) is 0. The van der Waals surface area contributed by atoms with Gasteiger partial charge in [-0.3, -0.25) is 0 Å². The standard InChI is InChI=1S/C46H32N4O2/c1-3-11-29(12-4-1)35-27-36(30-13-5-2-6-14-30)43-37(28-35)42(31-19-23-33(24-20-31)45-47-38-15-7-9-17-40(38)51-45)49-44(50-43)32-21-25-34(26-22-32)46-48-39-16-8-10-18-41(39)52-46/h1,3-5,7-8,10-16,18-28H,2,6,9,17H2. The summed E-state index contributed by atoms with van der Waals surface area (Å²) in [5.74, 6) is 2.82. The van der Waals surface area contributed by atoms with E-state index < -0.39 is 0 Å². The molecule has 0 atom stereocenters. The van der Waals surface area contributed by atoms with Gasteiger partial charge in [0.1, 0.15) is 17.0 Å². The van der Waals surface area contributed by atoms with E-state index >= 15 is 0 Å². The zero-order valence-corrected chi connectivity index (χ0v) is 28.3. The van der Waals surface area contributed by atoms with Crippen molar-refractivity contribution < 1.29 is 8.83 Å². The minimum atomic E-state index is 0.586. The molecule has 0 saturated carbocycles. The monoisotopic (exact) mass is 672 g/mol. The molecule has 6 heteroatoms. The highest BCUT2D eigenvalue weighted by Crippen LogP contribution is 2.39. The summed E-state index contributed by atoms with van der Waals surface area (Å²) in [5, 5.41) is 0.993. The Labute approximate surface area is 300 Å². The molecule has 0 N–H and O–H groups in total. The van der Waals surface area contributed by atoms with Crippen LogP contribution in [0.1, 0.15) is 36.3 Å². The molecule has 0 bridgehead atoms. The van der Waals surface area contributed by atoms with Gasteiger partial charge in [0.05, 0.1) is 11.2 Å². The Morgan fingerprint density at radius 3 is 2.02 bits per heavy atom. The van der Waals surface area contributed by atoms with E-state index in [-0.39, 0.29) is 0 Å². The number of rotatable bonds is 6. The third kappa shape index (κ3) is 5.46. The molecule has 0 saturated heterocycles. The van der Waals surface area contributed by atoms with Crippen LogP contribution in [0.5, 0.6) is 0 Å². The van der Waals surface area contributed by atoms with Crippen molar-refractivity contribution in [2.75, 3.05) is 0 Å². The minimum absolute atomic E-state index is 0.586. The Kier molecular flexibility index (Phi) is 7.31. The van der Waals surface area contributed by atoms with Crippen molar-refractivity contribution in [3.63, 3.8) is 0 Å². The molecule has 0 radical (unpaired) electrons. The van der Waals surface area contributed by atoms with Gasteiger partial charge < -0.3 is 8.83 Å². The van der Waals surface area contributed by atoms with E-state index in [0.29, 0.717) is 17.6 Å². The Morgan fingerprint density at radius 1 is 0.519 bits per heavy atom. The highest BCUT2D eigenvalue weighted by molar-refractivity contribution is 6.03. The molecule has 2 aliphatic rings. The second-order valence-corrected chi connectivity index (χ2v) is 13.2. The Balaban J connectivity index is 1.14. The summed E-state index contributed by atoms with van der Waals surface area (Å²) in [7, 11) is 0. The maximum atomic E-state index is 6.18. The van der Waals surface area contributed by atoms with Gasteiger partial charge in [-0.05, 0) is 90.6 Å². The first kappa shape index (κ1) is 30.2. The number of benzene rings is 5. The molecule has 3 heterocycles. The lowest BCUT2D eigenvalue weighted by atomic mass is 9.91. The fraction of sp³-hybridized carbons (Fsp3) is 0.0870. The van der Waals surface area contributed by atoms with Gasteiger partial charge in [-0.1, -0.05) is 91.0 Å². The topological polar surface area (TPSA) is 77.8 Å². The Hall–Kier alpha value is -6.66. The molecule has 0 spiro atoms. The van der Waals surface area contributed by atoms with Crippen molar-refractivity contribution in [3.8, 4) is 56.7 Å². The van der Waals surface area contributed by atoms with E-state index in [4.69, 9.17) is 28.8 Å². The molecule has 248 valence electrons. The number of hydrogen-bond acceptors (Lipinski definition) is 6. The smallest absolute Gasteiger partial charge is 0.227 e. The van der Waals surface area contributed by atoms with Crippen LogP contribution < -0.4 is 0 Å². The highest BCUT2D eigenvalue weighted by atomic mass is 16.4. The summed E-state index contributed by atoms with van der Waals surface area (Å²) in [4.78, 5) is 20.1. The summed E-state index contributed by atoms with van der Waals surface area (Å²) < 4.78 is 12.2. The van der Waals surface area contributed by atoms with E-state index in [1.165, 1.54) is 5.57 Å². The minimum Gasteiger partial charge on any atom is -0.441 e. The lowest BCUT2D eigenvalue weighted by Crippen LogP contribution is -1.99. The van der Waals surface area contributed by atoms with E-state index in [2.05, 4.69) is 103 Å². The van der Waals surface area contributed by atoms with Gasteiger partial charge in [-0.2, -0.15) is 0 Å². The molecule has 8 aromatic rings. The van der Waals surface area contributed by atoms with E-state index in [1.54, 1.807) is 0 Å². The molecule has 0 amide bonds. The van der Waals surface area contributed by atoms with Crippen molar-refractivity contribution in [1.82, 2.24) is 19.9 Å². The van der Waals surface area contributed by atoms with Crippen LogP contribution in [0.25, 0.3) is 90.3 Å². The van der Waals surface area contributed by atoms with E-state index in [9.17, 15) is 0 Å². The van der Waals surface area contributed by atoms with Gasteiger partial charge in [0.2, 0.25) is 11.8 Å². The average molecular weight is 673 g/mol. The van der Waals surface area contributed by atoms with Crippen LogP contribution in [0.3, 0.4) is 0 Å². The average Bonchev–Trinajstić information content (AvgIpc) is 3.86. The summed E-state index contributed by atoms with van der Waals surface area (Å²) in [5.41, 5.74) is 12.6. The van der Waals surface area contributed by atoms with Crippen LogP contribution in [-0.2, 0) is 6.42 Å².